The predicted octanol–water partition coefficient (Wildman–Crippen LogP) is 2.29. The van der Waals surface area contributed by atoms with Crippen LogP contribution in [-0.4, -0.2) is 11.1 Å². The van der Waals surface area contributed by atoms with Crippen LogP contribution in [0.1, 0.15) is 22.6 Å². The topological polar surface area (TPSA) is 55.1 Å². The fourth-order valence-electron chi connectivity index (χ4n) is 1.78. The maximum absolute atomic E-state index is 12.7. The van der Waals surface area contributed by atoms with Gasteiger partial charge in [-0.3, -0.25) is 4.79 Å². The normalized spacial score (nSPS) is 10.5. The molecule has 1 aromatic heterocycles. The summed E-state index contributed by atoms with van der Waals surface area (Å²) in [7, 11) is 0. The molecule has 0 spiro atoms. The van der Waals surface area contributed by atoms with Crippen molar-refractivity contribution in [3.63, 3.8) is 0 Å². The van der Waals surface area contributed by atoms with E-state index in [4.69, 9.17) is 4.52 Å². The first-order chi connectivity index (χ1) is 9.06. The molecule has 1 heterocycles. The summed E-state index contributed by atoms with van der Waals surface area (Å²) >= 11 is 0. The van der Waals surface area contributed by atoms with Crippen molar-refractivity contribution in [2.45, 2.75) is 26.8 Å². The summed E-state index contributed by atoms with van der Waals surface area (Å²) < 4.78 is 17.7. The van der Waals surface area contributed by atoms with Gasteiger partial charge in [-0.1, -0.05) is 17.3 Å². The van der Waals surface area contributed by atoms with Crippen molar-refractivity contribution in [3.05, 3.63) is 52.7 Å². The molecule has 0 radical (unpaired) electrons. The first kappa shape index (κ1) is 13.3. The quantitative estimate of drug-likeness (QED) is 0.919. The Morgan fingerprint density at radius 3 is 2.58 bits per heavy atom. The van der Waals surface area contributed by atoms with E-state index < -0.39 is 0 Å². The smallest absolute Gasteiger partial charge is 0.224 e. The van der Waals surface area contributed by atoms with Gasteiger partial charge >= 0.3 is 0 Å². The number of hydrogen-bond donors (Lipinski definition) is 1. The van der Waals surface area contributed by atoms with Gasteiger partial charge in [-0.05, 0) is 31.5 Å². The van der Waals surface area contributed by atoms with Crippen LogP contribution in [0.25, 0.3) is 0 Å². The zero-order chi connectivity index (χ0) is 13.8. The van der Waals surface area contributed by atoms with Gasteiger partial charge in [0, 0.05) is 12.1 Å². The SMILES string of the molecule is Cc1noc(C)c1CC(=O)NCc1ccc(F)cc1. The standard InChI is InChI=1S/C14H15FN2O2/c1-9-13(10(2)19-17-9)7-14(18)16-8-11-3-5-12(15)6-4-11/h3-6H,7-8H2,1-2H3,(H,16,18). The van der Waals surface area contributed by atoms with E-state index in [0.717, 1.165) is 16.8 Å². The minimum atomic E-state index is -0.286. The molecule has 0 unspecified atom stereocenters. The maximum Gasteiger partial charge on any atom is 0.224 e. The highest BCUT2D eigenvalue weighted by Crippen LogP contribution is 2.12. The lowest BCUT2D eigenvalue weighted by Crippen LogP contribution is -2.24. The third kappa shape index (κ3) is 3.40. The van der Waals surface area contributed by atoms with E-state index in [2.05, 4.69) is 10.5 Å². The summed E-state index contributed by atoms with van der Waals surface area (Å²) in [4.78, 5) is 11.8. The van der Waals surface area contributed by atoms with Gasteiger partial charge in [0.1, 0.15) is 11.6 Å². The number of carbonyl (C=O) groups excluding carboxylic acids is 1. The maximum atomic E-state index is 12.7. The van der Waals surface area contributed by atoms with Crippen molar-refractivity contribution in [1.29, 1.82) is 0 Å². The number of hydrogen-bond acceptors (Lipinski definition) is 3. The predicted molar refractivity (Wildman–Crippen MR) is 67.9 cm³/mol. The van der Waals surface area contributed by atoms with Crippen LogP contribution in [-0.2, 0) is 17.8 Å². The second-order valence-electron chi connectivity index (χ2n) is 4.38. The summed E-state index contributed by atoms with van der Waals surface area (Å²) in [6.45, 7) is 3.96. The Morgan fingerprint density at radius 1 is 1.32 bits per heavy atom. The van der Waals surface area contributed by atoms with Crippen molar-refractivity contribution < 1.29 is 13.7 Å². The summed E-state index contributed by atoms with van der Waals surface area (Å²) in [6, 6.07) is 6.03. The molecule has 1 amide bonds. The molecule has 1 aromatic carbocycles. The molecule has 1 N–H and O–H groups in total. The molecule has 100 valence electrons. The molecule has 0 aliphatic rings. The van der Waals surface area contributed by atoms with Crippen LogP contribution in [0, 0.1) is 19.7 Å². The van der Waals surface area contributed by atoms with Gasteiger partial charge < -0.3 is 9.84 Å². The van der Waals surface area contributed by atoms with Crippen molar-refractivity contribution in [2.24, 2.45) is 0 Å². The largest absolute Gasteiger partial charge is 0.361 e. The molecular weight excluding hydrogens is 247 g/mol. The average Bonchev–Trinajstić information content (AvgIpc) is 2.70. The first-order valence-corrected chi connectivity index (χ1v) is 5.99. The fourth-order valence-corrected chi connectivity index (χ4v) is 1.78. The highest BCUT2D eigenvalue weighted by atomic mass is 19.1. The zero-order valence-corrected chi connectivity index (χ0v) is 10.9. The van der Waals surface area contributed by atoms with Crippen molar-refractivity contribution in [1.82, 2.24) is 10.5 Å². The second-order valence-corrected chi connectivity index (χ2v) is 4.38. The number of benzene rings is 1. The molecule has 0 atom stereocenters. The summed E-state index contributed by atoms with van der Waals surface area (Å²) in [5.74, 6) is 0.263. The lowest BCUT2D eigenvalue weighted by Gasteiger charge is -2.05. The van der Waals surface area contributed by atoms with E-state index >= 15 is 0 Å². The summed E-state index contributed by atoms with van der Waals surface area (Å²) in [5, 5.41) is 6.58. The molecule has 0 aliphatic heterocycles. The van der Waals surface area contributed by atoms with E-state index in [1.807, 2.05) is 0 Å². The van der Waals surface area contributed by atoms with Crippen LogP contribution >= 0.6 is 0 Å². The van der Waals surface area contributed by atoms with E-state index in [9.17, 15) is 9.18 Å². The molecule has 0 saturated carbocycles. The Labute approximate surface area is 110 Å². The monoisotopic (exact) mass is 262 g/mol. The Balaban J connectivity index is 1.90. The molecule has 0 aliphatic carbocycles. The van der Waals surface area contributed by atoms with Gasteiger partial charge in [-0.25, -0.2) is 4.39 Å². The summed E-state index contributed by atoms with van der Waals surface area (Å²) in [6.07, 6.45) is 0.238. The molecular formula is C14H15FN2O2. The van der Waals surface area contributed by atoms with E-state index in [1.165, 1.54) is 12.1 Å². The number of nitrogens with one attached hydrogen (secondary N) is 1. The molecule has 4 nitrogen and oxygen atoms in total. The molecule has 2 rings (SSSR count). The van der Waals surface area contributed by atoms with E-state index in [-0.39, 0.29) is 18.1 Å². The number of halogens is 1. The molecule has 19 heavy (non-hydrogen) atoms. The molecule has 0 fully saturated rings. The molecule has 0 bridgehead atoms. The first-order valence-electron chi connectivity index (χ1n) is 5.99. The van der Waals surface area contributed by atoms with Crippen molar-refractivity contribution >= 4 is 5.91 Å². The number of nitrogens with zero attached hydrogens (tertiary/aromatic N) is 1. The number of carbonyl (C=O) groups is 1. The second kappa shape index (κ2) is 5.65. The number of aromatic nitrogens is 1. The Hall–Kier alpha value is -2.17. The van der Waals surface area contributed by atoms with Crippen molar-refractivity contribution in [2.75, 3.05) is 0 Å². The van der Waals surface area contributed by atoms with Crippen LogP contribution in [0.2, 0.25) is 0 Å². The highest BCUT2D eigenvalue weighted by molar-refractivity contribution is 5.78. The number of amides is 1. The van der Waals surface area contributed by atoms with Gasteiger partial charge in [0.25, 0.3) is 0 Å². The Kier molecular flexibility index (Phi) is 3.94. The lowest BCUT2D eigenvalue weighted by molar-refractivity contribution is -0.120. The van der Waals surface area contributed by atoms with Crippen molar-refractivity contribution in [3.8, 4) is 0 Å². The number of rotatable bonds is 4. The number of aryl methyl sites for hydroxylation is 2. The van der Waals surface area contributed by atoms with Gasteiger partial charge in [0.05, 0.1) is 12.1 Å². The van der Waals surface area contributed by atoms with Crippen LogP contribution in [0.3, 0.4) is 0 Å². The highest BCUT2D eigenvalue weighted by Gasteiger charge is 2.12. The van der Waals surface area contributed by atoms with Gasteiger partial charge in [0.2, 0.25) is 5.91 Å². The van der Waals surface area contributed by atoms with E-state index in [0.29, 0.717) is 12.3 Å². The third-order valence-corrected chi connectivity index (χ3v) is 2.92. The molecule has 5 heteroatoms. The Bertz CT molecular complexity index is 556. The van der Waals surface area contributed by atoms with Crippen LogP contribution in [0.4, 0.5) is 4.39 Å². The minimum Gasteiger partial charge on any atom is -0.361 e. The minimum absolute atomic E-state index is 0.112. The van der Waals surface area contributed by atoms with Gasteiger partial charge in [0.15, 0.2) is 0 Å². The van der Waals surface area contributed by atoms with Crippen LogP contribution < -0.4 is 5.32 Å². The average molecular weight is 262 g/mol. The fraction of sp³-hybridized carbons (Fsp3) is 0.286. The lowest BCUT2D eigenvalue weighted by atomic mass is 10.1. The Morgan fingerprint density at radius 2 is 2.00 bits per heavy atom. The summed E-state index contributed by atoms with van der Waals surface area (Å²) in [5.41, 5.74) is 2.40. The van der Waals surface area contributed by atoms with Crippen LogP contribution in [0.5, 0.6) is 0 Å². The molecule has 0 saturated heterocycles. The molecule has 2 aromatic rings. The van der Waals surface area contributed by atoms with E-state index in [1.54, 1.807) is 26.0 Å². The van der Waals surface area contributed by atoms with Gasteiger partial charge in [-0.2, -0.15) is 0 Å². The zero-order valence-electron chi connectivity index (χ0n) is 10.9. The third-order valence-electron chi connectivity index (χ3n) is 2.92. The van der Waals surface area contributed by atoms with Gasteiger partial charge in [-0.15, -0.1) is 0 Å². The van der Waals surface area contributed by atoms with Crippen LogP contribution in [0.15, 0.2) is 28.8 Å².